The topological polar surface area (TPSA) is 143 Å². The van der Waals surface area contributed by atoms with E-state index in [-0.39, 0.29) is 12.2 Å². The number of nitrogens with one attached hydrogen (secondary N) is 1. The summed E-state index contributed by atoms with van der Waals surface area (Å²) in [5.41, 5.74) is 1.65. The second-order valence-electron chi connectivity index (χ2n) is 6.28. The lowest BCUT2D eigenvalue weighted by molar-refractivity contribution is 0.0695. The summed E-state index contributed by atoms with van der Waals surface area (Å²) < 4.78 is 33.5. The van der Waals surface area contributed by atoms with Crippen molar-refractivity contribution in [1.29, 1.82) is 0 Å². The minimum Gasteiger partial charge on any atom is -0.490 e. The molecule has 0 fully saturated rings. The number of ether oxygens (including phenoxy) is 1. The highest BCUT2D eigenvalue weighted by Gasteiger charge is 2.28. The van der Waals surface area contributed by atoms with Gasteiger partial charge in [-0.15, -0.1) is 0 Å². The number of H-pyrrole nitrogens is 1. The zero-order chi connectivity index (χ0) is 21.7. The summed E-state index contributed by atoms with van der Waals surface area (Å²) in [6.07, 6.45) is 3.31. The maximum atomic E-state index is 14.2. The summed E-state index contributed by atoms with van der Waals surface area (Å²) in [6, 6.07) is 1.54. The van der Waals surface area contributed by atoms with E-state index in [0.717, 1.165) is 25.3 Å². The molecule has 2 rings (SSSR count). The molecule has 10 heteroatoms. The summed E-state index contributed by atoms with van der Waals surface area (Å²) >= 11 is 0. The molecule has 2 aromatic rings. The van der Waals surface area contributed by atoms with E-state index in [1.807, 2.05) is 11.9 Å². The number of hydrogen-bond acceptors (Lipinski definition) is 5. The Morgan fingerprint density at radius 1 is 1.10 bits per heavy atom. The summed E-state index contributed by atoms with van der Waals surface area (Å²) in [5.74, 6) is -7.25. The number of hydrogen-bond donors (Lipinski definition) is 4. The smallest absolute Gasteiger partial charge is 0.342 e. The number of aromatic amines is 1. The van der Waals surface area contributed by atoms with Gasteiger partial charge in [0.05, 0.1) is 6.61 Å². The second kappa shape index (κ2) is 9.18. The highest BCUT2D eigenvalue weighted by molar-refractivity contribution is 6.07. The third-order valence-electron chi connectivity index (χ3n) is 4.21. The first-order valence-corrected chi connectivity index (χ1v) is 8.83. The minimum atomic E-state index is -1.75. The molecular formula is C19H20F2N2O6. The molecule has 5 N–H and O–H groups in total. The largest absolute Gasteiger partial charge is 0.490 e. The lowest BCUT2D eigenvalue weighted by atomic mass is 9.95. The summed E-state index contributed by atoms with van der Waals surface area (Å²) in [5, 5.41) is 18.8. The van der Waals surface area contributed by atoms with Crippen LogP contribution in [0, 0.1) is 11.6 Å². The number of unbranched alkanes of at least 4 members (excludes halogenated alkanes) is 3. The van der Waals surface area contributed by atoms with E-state index in [1.54, 1.807) is 0 Å². The van der Waals surface area contributed by atoms with Crippen molar-refractivity contribution in [3.05, 3.63) is 45.2 Å². The fourth-order valence-corrected chi connectivity index (χ4v) is 2.86. The third kappa shape index (κ3) is 4.71. The van der Waals surface area contributed by atoms with Crippen LogP contribution in [-0.4, -0.2) is 33.7 Å². The van der Waals surface area contributed by atoms with E-state index < -0.39 is 57.4 Å². The number of aromatic nitrogens is 1. The molecule has 1 heterocycles. The summed E-state index contributed by atoms with van der Waals surface area (Å²) in [7, 11) is 0. The number of rotatable bonds is 9. The molecule has 29 heavy (non-hydrogen) atoms. The zero-order valence-electron chi connectivity index (χ0n) is 15.6. The number of pyridine rings is 1. The SMILES string of the molecule is CCCCCCOc1cc(-c2c(C(=O)O)c(N)[nH]c(=O)c2C(=O)O)cc(F)c1F. The van der Waals surface area contributed by atoms with Gasteiger partial charge in [0.15, 0.2) is 11.6 Å². The first-order valence-electron chi connectivity index (χ1n) is 8.83. The van der Waals surface area contributed by atoms with Crippen LogP contribution in [0.15, 0.2) is 16.9 Å². The lowest BCUT2D eigenvalue weighted by Crippen LogP contribution is -2.24. The molecule has 0 bridgehead atoms. The number of halogens is 2. The van der Waals surface area contributed by atoms with Crippen LogP contribution in [0.2, 0.25) is 0 Å². The van der Waals surface area contributed by atoms with Gasteiger partial charge in [-0.3, -0.25) is 4.79 Å². The van der Waals surface area contributed by atoms with Gasteiger partial charge in [0.25, 0.3) is 5.56 Å². The minimum absolute atomic E-state index is 0.0783. The standard InChI is InChI=1S/C19H20F2N2O6/c1-2-3-4-5-6-29-11-8-9(7-10(20)15(11)21)12-13(18(25)26)16(22)23-17(24)14(12)19(27)28/h7-8H,2-6H2,1H3,(H,25,26)(H,27,28)(H3,22,23,24). The predicted octanol–water partition coefficient (Wildman–Crippen LogP) is 3.26. The van der Waals surface area contributed by atoms with Crippen LogP contribution in [-0.2, 0) is 0 Å². The molecule has 0 amide bonds. The van der Waals surface area contributed by atoms with Crippen molar-refractivity contribution in [1.82, 2.24) is 4.98 Å². The van der Waals surface area contributed by atoms with Crippen LogP contribution in [0.25, 0.3) is 11.1 Å². The molecule has 0 saturated carbocycles. The zero-order valence-corrected chi connectivity index (χ0v) is 15.6. The van der Waals surface area contributed by atoms with E-state index in [0.29, 0.717) is 12.5 Å². The maximum absolute atomic E-state index is 14.2. The molecule has 0 spiro atoms. The quantitative estimate of drug-likeness (QED) is 0.465. The first-order chi connectivity index (χ1) is 13.7. The van der Waals surface area contributed by atoms with Crippen LogP contribution in [0.1, 0.15) is 53.3 Å². The number of carboxylic acid groups (broad SMARTS) is 2. The number of benzene rings is 1. The monoisotopic (exact) mass is 410 g/mol. The summed E-state index contributed by atoms with van der Waals surface area (Å²) in [4.78, 5) is 37.2. The van der Waals surface area contributed by atoms with Crippen molar-refractivity contribution in [2.75, 3.05) is 12.3 Å². The molecular weight excluding hydrogens is 390 g/mol. The average molecular weight is 410 g/mol. The number of nitrogens with two attached hydrogens (primary N) is 1. The maximum Gasteiger partial charge on any atom is 0.342 e. The molecule has 0 unspecified atom stereocenters. The van der Waals surface area contributed by atoms with E-state index in [1.165, 1.54) is 0 Å². The van der Waals surface area contributed by atoms with Gasteiger partial charge in [0.1, 0.15) is 16.9 Å². The van der Waals surface area contributed by atoms with E-state index in [4.69, 9.17) is 10.5 Å². The molecule has 1 aromatic carbocycles. The van der Waals surface area contributed by atoms with Gasteiger partial charge in [-0.2, -0.15) is 4.39 Å². The average Bonchev–Trinajstić information content (AvgIpc) is 2.63. The Morgan fingerprint density at radius 3 is 2.34 bits per heavy atom. The number of anilines is 1. The fraction of sp³-hybridized carbons (Fsp3) is 0.316. The second-order valence-corrected chi connectivity index (χ2v) is 6.28. The first kappa shape index (κ1) is 21.9. The Hall–Kier alpha value is -3.43. The summed E-state index contributed by atoms with van der Waals surface area (Å²) in [6.45, 7) is 2.08. The van der Waals surface area contributed by atoms with Crippen LogP contribution < -0.4 is 16.0 Å². The highest BCUT2D eigenvalue weighted by atomic mass is 19.2. The van der Waals surface area contributed by atoms with E-state index in [9.17, 15) is 33.4 Å². The van der Waals surface area contributed by atoms with Crippen LogP contribution >= 0.6 is 0 Å². The van der Waals surface area contributed by atoms with Gasteiger partial charge in [-0.1, -0.05) is 26.2 Å². The molecule has 156 valence electrons. The van der Waals surface area contributed by atoms with Gasteiger partial charge >= 0.3 is 11.9 Å². The van der Waals surface area contributed by atoms with E-state index >= 15 is 0 Å². The van der Waals surface area contributed by atoms with Gasteiger partial charge in [-0.25, -0.2) is 14.0 Å². The van der Waals surface area contributed by atoms with Crippen molar-refractivity contribution in [3.8, 4) is 16.9 Å². The van der Waals surface area contributed by atoms with E-state index in [2.05, 4.69) is 0 Å². The molecule has 8 nitrogen and oxygen atoms in total. The fourth-order valence-electron chi connectivity index (χ4n) is 2.86. The lowest BCUT2D eigenvalue weighted by Gasteiger charge is -2.14. The van der Waals surface area contributed by atoms with Crippen molar-refractivity contribution in [2.24, 2.45) is 0 Å². The van der Waals surface area contributed by atoms with Crippen LogP contribution in [0.3, 0.4) is 0 Å². The highest BCUT2D eigenvalue weighted by Crippen LogP contribution is 2.34. The Balaban J connectivity index is 2.64. The van der Waals surface area contributed by atoms with Crippen molar-refractivity contribution >= 4 is 17.8 Å². The third-order valence-corrected chi connectivity index (χ3v) is 4.21. The Kier molecular flexibility index (Phi) is 6.92. The Labute approximate surface area is 163 Å². The molecule has 0 saturated heterocycles. The molecule has 0 aliphatic heterocycles. The molecule has 0 radical (unpaired) electrons. The van der Waals surface area contributed by atoms with Gasteiger partial charge < -0.3 is 25.7 Å². The molecule has 0 aliphatic rings. The predicted molar refractivity (Wildman–Crippen MR) is 100 cm³/mol. The van der Waals surface area contributed by atoms with Crippen molar-refractivity contribution in [2.45, 2.75) is 32.6 Å². The van der Waals surface area contributed by atoms with Gasteiger partial charge in [-0.05, 0) is 24.1 Å². The molecule has 0 atom stereocenters. The van der Waals surface area contributed by atoms with Gasteiger partial charge in [0.2, 0.25) is 5.82 Å². The normalized spacial score (nSPS) is 10.7. The van der Waals surface area contributed by atoms with Crippen LogP contribution in [0.4, 0.5) is 14.6 Å². The Morgan fingerprint density at radius 2 is 1.76 bits per heavy atom. The molecule has 0 aliphatic carbocycles. The van der Waals surface area contributed by atoms with Gasteiger partial charge in [0, 0.05) is 5.56 Å². The number of aromatic carboxylic acids is 2. The number of carbonyl (C=O) groups is 2. The van der Waals surface area contributed by atoms with Crippen LogP contribution in [0.5, 0.6) is 5.75 Å². The number of carboxylic acids is 2. The number of nitrogen functional groups attached to an aromatic ring is 1. The van der Waals surface area contributed by atoms with Crippen molar-refractivity contribution in [3.63, 3.8) is 0 Å². The molecule has 1 aromatic heterocycles. The Bertz CT molecular complexity index is 1000. The van der Waals surface area contributed by atoms with Crippen molar-refractivity contribution < 1.29 is 33.3 Å².